The van der Waals surface area contributed by atoms with Gasteiger partial charge in [0.05, 0.1) is 0 Å². The summed E-state index contributed by atoms with van der Waals surface area (Å²) in [4.78, 5) is 1.50. The maximum Gasteiger partial charge on any atom is 0.0186 e. The quantitative estimate of drug-likeness (QED) is 0.734. The van der Waals surface area contributed by atoms with Gasteiger partial charge in [-0.2, -0.15) is 0 Å². The topological polar surface area (TPSA) is 0 Å². The van der Waals surface area contributed by atoms with E-state index in [9.17, 15) is 0 Å². The van der Waals surface area contributed by atoms with Gasteiger partial charge < -0.3 is 0 Å². The third kappa shape index (κ3) is 2.26. The molecule has 15 heavy (non-hydrogen) atoms. The van der Waals surface area contributed by atoms with Crippen LogP contribution in [-0.2, 0) is 0 Å². The first-order valence-electron chi connectivity index (χ1n) is 5.72. The van der Waals surface area contributed by atoms with Crippen LogP contribution in [-0.4, -0.2) is 5.25 Å². The molecular weight excluding hydrogens is 268 g/mol. The molecule has 0 aromatic heterocycles. The van der Waals surface area contributed by atoms with Crippen molar-refractivity contribution >= 4 is 27.7 Å². The van der Waals surface area contributed by atoms with E-state index in [2.05, 4.69) is 59.7 Å². The Morgan fingerprint density at radius 2 is 2.13 bits per heavy atom. The first-order chi connectivity index (χ1) is 7.26. The molecule has 1 heterocycles. The van der Waals surface area contributed by atoms with E-state index < -0.39 is 0 Å². The lowest BCUT2D eigenvalue weighted by atomic mass is 9.91. The lowest BCUT2D eigenvalue weighted by molar-refractivity contribution is 0.593. The molecule has 0 saturated heterocycles. The Morgan fingerprint density at radius 3 is 2.80 bits per heavy atom. The van der Waals surface area contributed by atoms with Gasteiger partial charge in [-0.1, -0.05) is 42.3 Å². The molecule has 0 amide bonds. The SMILES string of the molecule is CCCC1Sc2cc(Br)ccc2C1CC. The zero-order valence-electron chi connectivity index (χ0n) is 9.29. The molecule has 0 saturated carbocycles. The van der Waals surface area contributed by atoms with Gasteiger partial charge in [-0.3, -0.25) is 0 Å². The highest BCUT2D eigenvalue weighted by molar-refractivity contribution is 9.10. The highest BCUT2D eigenvalue weighted by Crippen LogP contribution is 2.49. The van der Waals surface area contributed by atoms with Crippen molar-refractivity contribution in [3.63, 3.8) is 0 Å². The molecule has 0 N–H and O–H groups in total. The predicted octanol–water partition coefficient (Wildman–Crippen LogP) is 5.22. The Morgan fingerprint density at radius 1 is 1.33 bits per heavy atom. The van der Waals surface area contributed by atoms with E-state index in [4.69, 9.17) is 0 Å². The van der Waals surface area contributed by atoms with Gasteiger partial charge in [0.15, 0.2) is 0 Å². The minimum Gasteiger partial charge on any atom is -0.122 e. The van der Waals surface area contributed by atoms with Crippen molar-refractivity contribution in [1.29, 1.82) is 0 Å². The molecule has 2 heteroatoms. The number of thioether (sulfide) groups is 1. The van der Waals surface area contributed by atoms with Crippen LogP contribution in [0.1, 0.15) is 44.6 Å². The van der Waals surface area contributed by atoms with Crippen LogP contribution in [0.3, 0.4) is 0 Å². The maximum atomic E-state index is 3.55. The molecule has 1 aliphatic heterocycles. The molecule has 0 aliphatic carbocycles. The number of hydrogen-bond acceptors (Lipinski definition) is 1. The van der Waals surface area contributed by atoms with Crippen molar-refractivity contribution in [2.45, 2.75) is 49.2 Å². The molecule has 1 aliphatic rings. The molecule has 0 spiro atoms. The van der Waals surface area contributed by atoms with Crippen LogP contribution >= 0.6 is 27.7 Å². The average molecular weight is 285 g/mol. The van der Waals surface area contributed by atoms with Gasteiger partial charge in [0.25, 0.3) is 0 Å². The van der Waals surface area contributed by atoms with E-state index in [0.717, 1.165) is 11.2 Å². The van der Waals surface area contributed by atoms with Crippen molar-refractivity contribution in [3.05, 3.63) is 28.2 Å². The lowest BCUT2D eigenvalue weighted by Crippen LogP contribution is -2.08. The van der Waals surface area contributed by atoms with Gasteiger partial charge >= 0.3 is 0 Å². The first-order valence-corrected chi connectivity index (χ1v) is 7.39. The predicted molar refractivity (Wildman–Crippen MR) is 71.7 cm³/mol. The summed E-state index contributed by atoms with van der Waals surface area (Å²) in [5, 5.41) is 0.810. The van der Waals surface area contributed by atoms with Crippen LogP contribution in [0.5, 0.6) is 0 Å². The van der Waals surface area contributed by atoms with Crippen molar-refractivity contribution in [1.82, 2.24) is 0 Å². The van der Waals surface area contributed by atoms with Crippen LogP contribution in [0.25, 0.3) is 0 Å². The number of hydrogen-bond donors (Lipinski definition) is 0. The van der Waals surface area contributed by atoms with Gasteiger partial charge in [0.2, 0.25) is 0 Å². The fourth-order valence-corrected chi connectivity index (χ4v) is 4.64. The van der Waals surface area contributed by atoms with E-state index in [1.807, 2.05) is 0 Å². The van der Waals surface area contributed by atoms with E-state index in [1.165, 1.54) is 28.6 Å². The number of rotatable bonds is 3. The van der Waals surface area contributed by atoms with Crippen LogP contribution in [0.15, 0.2) is 27.6 Å². The molecule has 2 unspecified atom stereocenters. The summed E-state index contributed by atoms with van der Waals surface area (Å²) >= 11 is 5.63. The zero-order chi connectivity index (χ0) is 10.8. The van der Waals surface area contributed by atoms with E-state index in [0.29, 0.717) is 0 Å². The van der Waals surface area contributed by atoms with Crippen LogP contribution < -0.4 is 0 Å². The Bertz CT molecular complexity index is 348. The van der Waals surface area contributed by atoms with Crippen LogP contribution in [0, 0.1) is 0 Å². The van der Waals surface area contributed by atoms with Gasteiger partial charge in [0.1, 0.15) is 0 Å². The largest absolute Gasteiger partial charge is 0.122 e. The highest BCUT2D eigenvalue weighted by Gasteiger charge is 2.31. The van der Waals surface area contributed by atoms with Crippen molar-refractivity contribution in [2.24, 2.45) is 0 Å². The second-order valence-corrected chi connectivity index (χ2v) is 6.34. The molecule has 2 atom stereocenters. The highest BCUT2D eigenvalue weighted by atomic mass is 79.9. The molecule has 1 aromatic rings. The average Bonchev–Trinajstić information content (AvgIpc) is 2.54. The van der Waals surface area contributed by atoms with Crippen LogP contribution in [0.4, 0.5) is 0 Å². The van der Waals surface area contributed by atoms with E-state index in [1.54, 1.807) is 5.56 Å². The van der Waals surface area contributed by atoms with Gasteiger partial charge in [-0.15, -0.1) is 11.8 Å². The summed E-state index contributed by atoms with van der Waals surface area (Å²) in [5.41, 5.74) is 1.57. The number of halogens is 1. The number of fused-ring (bicyclic) bond motifs is 1. The van der Waals surface area contributed by atoms with E-state index >= 15 is 0 Å². The second kappa shape index (κ2) is 4.92. The fourth-order valence-electron chi connectivity index (χ4n) is 2.39. The van der Waals surface area contributed by atoms with Gasteiger partial charge in [0, 0.05) is 14.6 Å². The Balaban J connectivity index is 2.28. The molecule has 0 nitrogen and oxygen atoms in total. The van der Waals surface area contributed by atoms with Crippen molar-refractivity contribution in [3.8, 4) is 0 Å². The first kappa shape index (κ1) is 11.5. The molecular formula is C13H17BrS. The van der Waals surface area contributed by atoms with Gasteiger partial charge in [-0.05, 0) is 36.5 Å². The van der Waals surface area contributed by atoms with Crippen LogP contribution in [0.2, 0.25) is 0 Å². The molecule has 0 fully saturated rings. The normalized spacial score (nSPS) is 24.2. The van der Waals surface area contributed by atoms with E-state index in [-0.39, 0.29) is 0 Å². The molecule has 82 valence electrons. The Hall–Kier alpha value is 0.0500. The smallest absolute Gasteiger partial charge is 0.0186 e. The van der Waals surface area contributed by atoms with Crippen molar-refractivity contribution < 1.29 is 0 Å². The summed E-state index contributed by atoms with van der Waals surface area (Å²) in [6, 6.07) is 6.75. The minimum atomic E-state index is 0.776. The zero-order valence-corrected chi connectivity index (χ0v) is 11.7. The second-order valence-electron chi connectivity index (χ2n) is 4.14. The standard InChI is InChI=1S/C13H17BrS/c1-3-5-12-10(4-2)11-7-6-9(14)8-13(11)15-12/h6-8,10,12H,3-5H2,1-2H3. The molecule has 1 aromatic carbocycles. The Labute approximate surface area is 105 Å². The summed E-state index contributed by atoms with van der Waals surface area (Å²) in [7, 11) is 0. The third-order valence-corrected chi connectivity index (χ3v) is 5.08. The molecule has 0 bridgehead atoms. The lowest BCUT2D eigenvalue weighted by Gasteiger charge is -2.16. The summed E-state index contributed by atoms with van der Waals surface area (Å²) in [5.74, 6) is 0.776. The van der Waals surface area contributed by atoms with Gasteiger partial charge in [-0.25, -0.2) is 0 Å². The monoisotopic (exact) mass is 284 g/mol. The summed E-state index contributed by atoms with van der Waals surface area (Å²) in [6.07, 6.45) is 3.91. The summed E-state index contributed by atoms with van der Waals surface area (Å²) in [6.45, 7) is 4.59. The molecule has 0 radical (unpaired) electrons. The molecule has 2 rings (SSSR count). The number of benzene rings is 1. The fraction of sp³-hybridized carbons (Fsp3) is 0.538. The Kier molecular flexibility index (Phi) is 3.78. The van der Waals surface area contributed by atoms with Crippen molar-refractivity contribution in [2.75, 3.05) is 0 Å². The summed E-state index contributed by atoms with van der Waals surface area (Å²) < 4.78 is 1.21. The third-order valence-electron chi connectivity index (χ3n) is 3.12. The minimum absolute atomic E-state index is 0.776. The maximum absolute atomic E-state index is 3.55.